The fourth-order valence-corrected chi connectivity index (χ4v) is 0.139. The van der Waals surface area contributed by atoms with Crippen molar-refractivity contribution in [2.45, 2.75) is 0 Å². The van der Waals surface area contributed by atoms with Gasteiger partial charge in [-0.15, -0.1) is 0 Å². The molecule has 9 heavy (non-hydrogen) atoms. The topological polar surface area (TPSA) is 77.4 Å². The second kappa shape index (κ2) is 5.81. The molecule has 0 unspecified atom stereocenters. The molecule has 0 heterocycles. The smallest absolute Gasteiger partial charge is 0.545 e. The minimum absolute atomic E-state index is 0. The zero-order valence-corrected chi connectivity index (χ0v) is 6.83. The molecular formula is C4H3NaO4. The Bertz CT molecular complexity index is 124. The van der Waals surface area contributed by atoms with Gasteiger partial charge in [0.2, 0.25) is 0 Å². The van der Waals surface area contributed by atoms with Crippen LogP contribution in [0, 0.1) is 0 Å². The van der Waals surface area contributed by atoms with Crippen LogP contribution < -0.4 is 34.7 Å². The number of carboxylic acid groups (broad SMARTS) is 2. The van der Waals surface area contributed by atoms with Crippen molar-refractivity contribution >= 4 is 11.9 Å². The summed E-state index contributed by atoms with van der Waals surface area (Å²) < 4.78 is 0. The maximum absolute atomic E-state index is 9.53. The van der Waals surface area contributed by atoms with Crippen LogP contribution in [0.5, 0.6) is 0 Å². The van der Waals surface area contributed by atoms with Gasteiger partial charge in [-0.2, -0.15) is 0 Å². The molecule has 0 saturated heterocycles. The molecule has 44 valence electrons. The third-order valence-corrected chi connectivity index (χ3v) is 0.362. The van der Waals surface area contributed by atoms with E-state index < -0.39 is 11.9 Å². The van der Waals surface area contributed by atoms with Gasteiger partial charge in [-0.1, -0.05) is 0 Å². The number of carbonyl (C=O) groups excluding carboxylic acids is 1. The summed E-state index contributed by atoms with van der Waals surface area (Å²) in [7, 11) is 0. The predicted octanol–water partition coefficient (Wildman–Crippen LogP) is -4.62. The summed E-state index contributed by atoms with van der Waals surface area (Å²) in [6, 6.07) is 0. The molecule has 0 aromatic rings. The van der Waals surface area contributed by atoms with Gasteiger partial charge < -0.3 is 15.0 Å². The van der Waals surface area contributed by atoms with Gasteiger partial charge in [-0.3, -0.25) is 0 Å². The van der Waals surface area contributed by atoms with Gasteiger partial charge in [0, 0.05) is 6.08 Å². The Labute approximate surface area is 73.5 Å². The fourth-order valence-electron chi connectivity index (χ4n) is 0.139. The van der Waals surface area contributed by atoms with E-state index in [4.69, 9.17) is 5.11 Å². The van der Waals surface area contributed by atoms with E-state index in [0.29, 0.717) is 12.2 Å². The van der Waals surface area contributed by atoms with E-state index in [-0.39, 0.29) is 29.6 Å². The number of hydrogen-bond acceptors (Lipinski definition) is 3. The van der Waals surface area contributed by atoms with E-state index in [2.05, 4.69) is 0 Å². The molecule has 0 spiro atoms. The summed E-state index contributed by atoms with van der Waals surface area (Å²) in [4.78, 5) is 19.0. The van der Waals surface area contributed by atoms with Crippen LogP contribution in [-0.4, -0.2) is 17.0 Å². The van der Waals surface area contributed by atoms with Gasteiger partial charge in [0.25, 0.3) is 0 Å². The van der Waals surface area contributed by atoms with Gasteiger partial charge in [0.1, 0.15) is 0 Å². The SMILES string of the molecule is O=C([O-])/C=C\C(=O)O.[Na+]. The molecule has 0 saturated carbocycles. The molecular weight excluding hydrogens is 135 g/mol. The van der Waals surface area contributed by atoms with E-state index in [9.17, 15) is 14.7 Å². The van der Waals surface area contributed by atoms with Gasteiger partial charge in [0.15, 0.2) is 0 Å². The molecule has 0 atom stereocenters. The van der Waals surface area contributed by atoms with E-state index in [0.717, 1.165) is 0 Å². The normalized spacial score (nSPS) is 8.44. The van der Waals surface area contributed by atoms with Crippen LogP contribution >= 0.6 is 0 Å². The van der Waals surface area contributed by atoms with Crippen molar-refractivity contribution in [2.24, 2.45) is 0 Å². The number of carbonyl (C=O) groups is 2. The first-order valence-corrected chi connectivity index (χ1v) is 1.75. The molecule has 0 aliphatic rings. The van der Waals surface area contributed by atoms with Crippen molar-refractivity contribution in [3.63, 3.8) is 0 Å². The molecule has 0 bridgehead atoms. The fraction of sp³-hybridized carbons (Fsp3) is 0. The molecule has 0 aliphatic heterocycles. The first-order chi connectivity index (χ1) is 3.63. The third kappa shape index (κ3) is 11.3. The van der Waals surface area contributed by atoms with Crippen molar-refractivity contribution in [2.75, 3.05) is 0 Å². The molecule has 0 rings (SSSR count). The van der Waals surface area contributed by atoms with Crippen LogP contribution in [0.1, 0.15) is 0 Å². The monoisotopic (exact) mass is 138 g/mol. The molecule has 0 radical (unpaired) electrons. The summed E-state index contributed by atoms with van der Waals surface area (Å²) in [6.45, 7) is 0. The van der Waals surface area contributed by atoms with Gasteiger partial charge in [-0.05, 0) is 6.08 Å². The van der Waals surface area contributed by atoms with E-state index in [1.807, 2.05) is 0 Å². The summed E-state index contributed by atoms with van der Waals surface area (Å²) in [5, 5.41) is 17.2. The van der Waals surface area contributed by atoms with Crippen molar-refractivity contribution in [3.05, 3.63) is 12.2 Å². The van der Waals surface area contributed by atoms with Crippen LogP contribution in [-0.2, 0) is 9.59 Å². The molecule has 0 amide bonds. The number of carboxylic acids is 2. The van der Waals surface area contributed by atoms with Crippen LogP contribution in [0.4, 0.5) is 0 Å². The Kier molecular flexibility index (Phi) is 7.41. The maximum atomic E-state index is 9.53. The zero-order chi connectivity index (χ0) is 6.57. The second-order valence-electron chi connectivity index (χ2n) is 0.991. The van der Waals surface area contributed by atoms with E-state index in [1.54, 1.807) is 0 Å². The molecule has 0 aromatic carbocycles. The molecule has 0 aromatic heterocycles. The number of aliphatic carboxylic acids is 2. The van der Waals surface area contributed by atoms with Crippen LogP contribution in [0.25, 0.3) is 0 Å². The quantitative estimate of drug-likeness (QED) is 0.307. The Morgan fingerprint density at radius 3 is 1.89 bits per heavy atom. The van der Waals surface area contributed by atoms with Crippen LogP contribution in [0.2, 0.25) is 0 Å². The van der Waals surface area contributed by atoms with E-state index >= 15 is 0 Å². The van der Waals surface area contributed by atoms with Crippen LogP contribution in [0.3, 0.4) is 0 Å². The molecule has 4 nitrogen and oxygen atoms in total. The number of rotatable bonds is 2. The minimum Gasteiger partial charge on any atom is -0.545 e. The summed E-state index contributed by atoms with van der Waals surface area (Å²) in [6.07, 6.45) is 0.942. The average molecular weight is 138 g/mol. The first-order valence-electron chi connectivity index (χ1n) is 1.75. The summed E-state index contributed by atoms with van der Waals surface area (Å²) in [5.74, 6) is -2.80. The molecule has 0 aliphatic carbocycles. The largest absolute Gasteiger partial charge is 1.00 e. The van der Waals surface area contributed by atoms with Crippen molar-refractivity contribution < 1.29 is 49.4 Å². The predicted molar refractivity (Wildman–Crippen MR) is 21.8 cm³/mol. The third-order valence-electron chi connectivity index (χ3n) is 0.362. The van der Waals surface area contributed by atoms with Gasteiger partial charge in [-0.25, -0.2) is 4.79 Å². The molecule has 0 fully saturated rings. The van der Waals surface area contributed by atoms with E-state index in [1.165, 1.54) is 0 Å². The summed E-state index contributed by atoms with van der Waals surface area (Å²) >= 11 is 0. The molecule has 5 heteroatoms. The first kappa shape index (κ1) is 11.5. The minimum atomic E-state index is -1.51. The van der Waals surface area contributed by atoms with Crippen molar-refractivity contribution in [1.82, 2.24) is 0 Å². The standard InChI is InChI=1S/C4H4O4.Na/c5-3(6)1-2-4(7)8;/h1-2H,(H,5,6)(H,7,8);/q;+1/p-1/b2-1-;. The summed E-state index contributed by atoms with van der Waals surface area (Å²) in [5.41, 5.74) is 0. The van der Waals surface area contributed by atoms with Crippen molar-refractivity contribution in [1.29, 1.82) is 0 Å². The van der Waals surface area contributed by atoms with Crippen LogP contribution in [0.15, 0.2) is 12.2 Å². The van der Waals surface area contributed by atoms with Crippen molar-refractivity contribution in [3.8, 4) is 0 Å². The average Bonchev–Trinajstić information content (AvgIpc) is 1.61. The van der Waals surface area contributed by atoms with Gasteiger partial charge >= 0.3 is 35.5 Å². The maximum Gasteiger partial charge on any atom is 1.00 e. The zero-order valence-electron chi connectivity index (χ0n) is 4.83. The Morgan fingerprint density at radius 2 is 1.78 bits per heavy atom. The Hall–Kier alpha value is -0.320. The Morgan fingerprint density at radius 1 is 1.33 bits per heavy atom. The number of hydrogen-bond donors (Lipinski definition) is 1. The second-order valence-corrected chi connectivity index (χ2v) is 0.991. The Balaban J connectivity index is 0. The molecule has 1 N–H and O–H groups in total. The van der Waals surface area contributed by atoms with Gasteiger partial charge in [0.05, 0.1) is 5.97 Å².